The lowest BCUT2D eigenvalue weighted by molar-refractivity contribution is -0.176. The Kier molecular flexibility index (Phi) is 16.3. The van der Waals surface area contributed by atoms with Gasteiger partial charge < -0.3 is 27.7 Å². The van der Waals surface area contributed by atoms with E-state index in [1.54, 1.807) is 0 Å². The van der Waals surface area contributed by atoms with Gasteiger partial charge in [-0.15, -0.1) is 0 Å². The summed E-state index contributed by atoms with van der Waals surface area (Å²) in [6, 6.07) is 0. The Balaban J connectivity index is -0.000000215. The molecule has 0 atom stereocenters. The molecule has 11 heteroatoms. The second kappa shape index (κ2) is 14.2. The number of hydrogen-bond donors (Lipinski definition) is 6. The van der Waals surface area contributed by atoms with E-state index in [9.17, 15) is 4.79 Å². The molecule has 11 nitrogen and oxygen atoms in total. The third kappa shape index (κ3) is 15.7. The highest BCUT2D eigenvalue weighted by molar-refractivity contribution is 5.84. The summed E-state index contributed by atoms with van der Waals surface area (Å²) in [6.45, 7) is 5.09. The van der Waals surface area contributed by atoms with E-state index in [0.29, 0.717) is 0 Å². The molecule has 0 aromatic carbocycles. The molecule has 1 aromatic rings. The van der Waals surface area contributed by atoms with Crippen molar-refractivity contribution in [3.8, 4) is 0 Å². The highest BCUT2D eigenvalue weighted by Crippen LogP contribution is 1.97. The Labute approximate surface area is 102 Å². The number of hydrogen-bond acceptors (Lipinski definition) is 10. The van der Waals surface area contributed by atoms with E-state index in [4.69, 9.17) is 32.5 Å². The first-order valence-electron chi connectivity index (χ1n) is 3.89. The van der Waals surface area contributed by atoms with Gasteiger partial charge in [-0.1, -0.05) is 6.58 Å². The molecule has 102 valence electrons. The minimum atomic E-state index is -0.481. The van der Waals surface area contributed by atoms with Crippen molar-refractivity contribution in [2.24, 2.45) is 5.73 Å². The first-order chi connectivity index (χ1) is 8.45. The van der Waals surface area contributed by atoms with Gasteiger partial charge in [0.25, 0.3) is 0 Å². The number of nitrogen functional groups attached to an aromatic ring is 3. The molecule has 0 aliphatic heterocycles. The maximum atomic E-state index is 9.47. The summed E-state index contributed by atoms with van der Waals surface area (Å²) >= 11 is 0. The Morgan fingerprint density at radius 1 is 1.00 bits per heavy atom. The normalized spacial score (nSPS) is 7.00. The minimum absolute atomic E-state index is 0.0417. The number of nitrogens with zero attached hydrogens (tertiary/aromatic N) is 3. The van der Waals surface area contributed by atoms with Crippen molar-refractivity contribution in [3.63, 3.8) is 0 Å². The summed E-state index contributed by atoms with van der Waals surface area (Å²) < 4.78 is 0. The zero-order valence-corrected chi connectivity index (χ0v) is 9.35. The van der Waals surface area contributed by atoms with Crippen LogP contribution in [0, 0.1) is 0 Å². The Hall–Kier alpha value is -2.79. The van der Waals surface area contributed by atoms with Crippen LogP contribution in [0.4, 0.5) is 17.8 Å². The fourth-order valence-corrected chi connectivity index (χ4v) is 0.427. The van der Waals surface area contributed by atoms with Crippen LogP contribution in [-0.2, 0) is 9.59 Å². The first kappa shape index (κ1) is 20.6. The van der Waals surface area contributed by atoms with Crippen molar-refractivity contribution in [3.05, 3.63) is 12.7 Å². The largest absolute Gasteiger partial charge is 0.368 e. The molecule has 0 saturated heterocycles. The standard InChI is InChI=1S/C3H6N6.C3H5NO.CH2O.H2O2/c4-1-7-2(5)9-3(6)8-1;1-2-3(4)5;2*1-2/h(H6,4,5,6,7,8,9);2H,1H2,(H2,4,5);1H2;1-2H. The molecule has 0 unspecified atom stereocenters. The van der Waals surface area contributed by atoms with E-state index < -0.39 is 5.91 Å². The van der Waals surface area contributed by atoms with Crippen molar-refractivity contribution in [2.75, 3.05) is 17.2 Å². The van der Waals surface area contributed by atoms with Crippen LogP contribution in [0.3, 0.4) is 0 Å². The van der Waals surface area contributed by atoms with Gasteiger partial charge >= 0.3 is 0 Å². The maximum Gasteiger partial charge on any atom is 0.240 e. The number of nitrogens with two attached hydrogens (primary N) is 4. The highest BCUT2D eigenvalue weighted by Gasteiger charge is 1.93. The summed E-state index contributed by atoms with van der Waals surface area (Å²) in [5.41, 5.74) is 19.9. The van der Waals surface area contributed by atoms with Gasteiger partial charge in [0, 0.05) is 0 Å². The Morgan fingerprint density at radius 3 is 1.28 bits per heavy atom. The number of carbonyl (C=O) groups excluding carboxylic acids is 2. The van der Waals surface area contributed by atoms with E-state index in [-0.39, 0.29) is 17.8 Å². The summed E-state index contributed by atoms with van der Waals surface area (Å²) in [4.78, 5) is 27.9. The molecule has 1 rings (SSSR count). The fraction of sp³-hybridized carbons (Fsp3) is 0. The van der Waals surface area contributed by atoms with Crippen LogP contribution in [0.15, 0.2) is 12.7 Å². The average Bonchev–Trinajstić information content (AvgIpc) is 2.33. The molecular weight excluding hydrogens is 246 g/mol. The molecule has 18 heavy (non-hydrogen) atoms. The highest BCUT2D eigenvalue weighted by atomic mass is 17.0. The van der Waals surface area contributed by atoms with Gasteiger partial charge in [-0.05, 0) is 6.08 Å². The van der Waals surface area contributed by atoms with Crippen LogP contribution >= 0.6 is 0 Å². The van der Waals surface area contributed by atoms with Crippen LogP contribution in [-0.4, -0.2) is 38.2 Å². The third-order valence-electron chi connectivity index (χ3n) is 0.888. The van der Waals surface area contributed by atoms with Gasteiger partial charge in [0.15, 0.2) is 0 Å². The van der Waals surface area contributed by atoms with E-state index in [2.05, 4.69) is 27.3 Å². The predicted octanol–water partition coefficient (Wildman–Crippen LogP) is -1.89. The molecule has 1 amide bonds. The molecule has 0 spiro atoms. The number of primary amides is 1. The van der Waals surface area contributed by atoms with Crippen molar-refractivity contribution in [2.45, 2.75) is 0 Å². The maximum absolute atomic E-state index is 9.47. The topological polar surface area (TPSA) is 217 Å². The van der Waals surface area contributed by atoms with Crippen molar-refractivity contribution in [1.82, 2.24) is 15.0 Å². The minimum Gasteiger partial charge on any atom is -0.368 e. The molecule has 1 aromatic heterocycles. The summed E-state index contributed by atoms with van der Waals surface area (Å²) in [5, 5.41) is 12.0. The van der Waals surface area contributed by atoms with Gasteiger partial charge in [0.05, 0.1) is 0 Å². The monoisotopic (exact) mass is 261 g/mol. The molecule has 1 heterocycles. The van der Waals surface area contributed by atoms with Gasteiger partial charge in [0.1, 0.15) is 6.79 Å². The lowest BCUT2D eigenvalue weighted by Gasteiger charge is -1.93. The van der Waals surface area contributed by atoms with Crippen molar-refractivity contribution in [1.29, 1.82) is 0 Å². The first-order valence-corrected chi connectivity index (χ1v) is 3.89. The zero-order valence-electron chi connectivity index (χ0n) is 9.35. The number of rotatable bonds is 1. The van der Waals surface area contributed by atoms with Crippen molar-refractivity contribution >= 4 is 30.5 Å². The average molecular weight is 261 g/mol. The fourth-order valence-electron chi connectivity index (χ4n) is 0.427. The Bertz CT molecular complexity index is 309. The Morgan fingerprint density at radius 2 is 1.17 bits per heavy atom. The number of aromatic nitrogens is 3. The smallest absolute Gasteiger partial charge is 0.240 e. The van der Waals surface area contributed by atoms with Gasteiger partial charge in [-0.3, -0.25) is 15.3 Å². The molecule has 0 bridgehead atoms. The molecule has 0 saturated carbocycles. The molecule has 0 fully saturated rings. The van der Waals surface area contributed by atoms with Crippen LogP contribution in [0.5, 0.6) is 0 Å². The molecule has 0 aliphatic rings. The van der Waals surface area contributed by atoms with Crippen molar-refractivity contribution < 1.29 is 20.1 Å². The molecular formula is C7H15N7O4. The summed E-state index contributed by atoms with van der Waals surface area (Å²) in [7, 11) is 0. The predicted molar refractivity (Wildman–Crippen MR) is 64.8 cm³/mol. The van der Waals surface area contributed by atoms with Crippen LogP contribution in [0.1, 0.15) is 0 Å². The third-order valence-corrected chi connectivity index (χ3v) is 0.888. The van der Waals surface area contributed by atoms with E-state index in [1.165, 1.54) is 0 Å². The summed E-state index contributed by atoms with van der Waals surface area (Å²) in [5.74, 6) is -0.356. The molecule has 0 radical (unpaired) electrons. The SMILES string of the molecule is C=CC(N)=O.C=O.Nc1nc(N)nc(N)n1.OO. The van der Waals surface area contributed by atoms with Gasteiger partial charge in [0.2, 0.25) is 23.8 Å². The van der Waals surface area contributed by atoms with E-state index >= 15 is 0 Å². The van der Waals surface area contributed by atoms with E-state index in [0.717, 1.165) is 6.08 Å². The molecule has 10 N–H and O–H groups in total. The lowest BCUT2D eigenvalue weighted by Crippen LogP contribution is -2.05. The summed E-state index contributed by atoms with van der Waals surface area (Å²) in [6.07, 6.45) is 1.06. The number of carbonyl (C=O) groups is 2. The number of anilines is 3. The quantitative estimate of drug-likeness (QED) is 0.187. The van der Waals surface area contributed by atoms with Crippen LogP contribution in [0.2, 0.25) is 0 Å². The molecule has 0 aliphatic carbocycles. The second-order valence-electron chi connectivity index (χ2n) is 2.02. The second-order valence-corrected chi connectivity index (χ2v) is 2.02. The van der Waals surface area contributed by atoms with E-state index in [1.807, 2.05) is 6.79 Å². The zero-order chi connectivity index (χ0) is 15.1. The number of amides is 1. The van der Waals surface area contributed by atoms with Gasteiger partial charge in [-0.25, -0.2) is 0 Å². The van der Waals surface area contributed by atoms with Crippen LogP contribution in [0.25, 0.3) is 0 Å². The van der Waals surface area contributed by atoms with Crippen LogP contribution < -0.4 is 22.9 Å². The lowest BCUT2D eigenvalue weighted by atomic mass is 10.6. The van der Waals surface area contributed by atoms with Gasteiger partial charge in [-0.2, -0.15) is 15.0 Å².